The van der Waals surface area contributed by atoms with E-state index >= 15 is 0 Å². The third kappa shape index (κ3) is 2.29. The molecule has 1 nitrogen and oxygen atoms in total. The largest absolute Gasteiger partial charge is 0.460 e. The molecule has 0 aromatic carbocycles. The Balaban J connectivity index is 1.71. The zero-order valence-electron chi connectivity index (χ0n) is 14.3. The first-order chi connectivity index (χ1) is 10.8. The lowest BCUT2D eigenvalue weighted by atomic mass is 9.99. The smallest absolute Gasteiger partial charge is 0.215 e. The molecule has 0 radical (unpaired) electrons. The molecule has 1 spiro atoms. The van der Waals surface area contributed by atoms with Crippen molar-refractivity contribution >= 4 is 7.26 Å². The highest BCUT2D eigenvalue weighted by molar-refractivity contribution is 7.78. The molecule has 0 aromatic heterocycles. The summed E-state index contributed by atoms with van der Waals surface area (Å²) in [4.78, 5) is 0. The number of hydrogen-bond donors (Lipinski definition) is 0. The lowest BCUT2D eigenvalue weighted by Gasteiger charge is -2.48. The highest BCUT2D eigenvalue weighted by Gasteiger charge is 2.71. The van der Waals surface area contributed by atoms with E-state index in [9.17, 15) is 0 Å². The van der Waals surface area contributed by atoms with Crippen LogP contribution in [0.15, 0.2) is 12.3 Å². The van der Waals surface area contributed by atoms with Gasteiger partial charge in [0.25, 0.3) is 0 Å². The van der Waals surface area contributed by atoms with Crippen molar-refractivity contribution in [2.75, 3.05) is 6.16 Å². The van der Waals surface area contributed by atoms with E-state index in [0.29, 0.717) is 5.34 Å². The molecule has 2 heteroatoms. The van der Waals surface area contributed by atoms with Gasteiger partial charge in [-0.2, -0.15) is 0 Å². The quantitative estimate of drug-likeness (QED) is 0.529. The normalized spacial score (nSPS) is 36.8. The van der Waals surface area contributed by atoms with Crippen LogP contribution in [-0.2, 0) is 4.74 Å². The van der Waals surface area contributed by atoms with Crippen molar-refractivity contribution in [2.45, 2.75) is 107 Å². The molecule has 1 unspecified atom stereocenters. The van der Waals surface area contributed by atoms with Gasteiger partial charge in [-0.15, -0.1) is 0 Å². The molecule has 0 amide bonds. The number of ether oxygens (including phenoxy) is 1. The van der Waals surface area contributed by atoms with Crippen LogP contribution in [-0.4, -0.2) is 22.8 Å². The second kappa shape index (κ2) is 6.12. The summed E-state index contributed by atoms with van der Waals surface area (Å²) in [6.45, 7) is 4.22. The van der Waals surface area contributed by atoms with E-state index in [4.69, 9.17) is 4.74 Å². The average Bonchev–Trinajstić information content (AvgIpc) is 3.14. The number of hydrogen-bond acceptors (Lipinski definition) is 1. The topological polar surface area (TPSA) is 9.23 Å². The summed E-state index contributed by atoms with van der Waals surface area (Å²) in [7, 11) is -0.997. The van der Waals surface area contributed by atoms with Crippen molar-refractivity contribution in [3.05, 3.63) is 12.3 Å². The Labute approximate surface area is 137 Å². The van der Waals surface area contributed by atoms with E-state index in [1.807, 2.05) is 0 Å². The molecular formula is C20H34OP+. The zero-order chi connectivity index (χ0) is 15.0. The Morgan fingerprint density at radius 1 is 0.818 bits per heavy atom. The maximum atomic E-state index is 6.69. The summed E-state index contributed by atoms with van der Waals surface area (Å²) < 4.78 is 6.69. The van der Waals surface area contributed by atoms with Crippen molar-refractivity contribution in [3.8, 4) is 0 Å². The summed E-state index contributed by atoms with van der Waals surface area (Å²) in [5.74, 6) is 1.12. The van der Waals surface area contributed by atoms with Crippen LogP contribution in [0.4, 0.5) is 0 Å². The van der Waals surface area contributed by atoms with Crippen molar-refractivity contribution in [1.82, 2.24) is 0 Å². The lowest BCUT2D eigenvalue weighted by molar-refractivity contribution is 0.115. The molecule has 0 aromatic rings. The Kier molecular flexibility index (Phi) is 4.31. The van der Waals surface area contributed by atoms with E-state index < -0.39 is 7.26 Å². The fourth-order valence-electron chi connectivity index (χ4n) is 6.62. The maximum Gasteiger partial charge on any atom is 0.215 e. The molecule has 124 valence electrons. The zero-order valence-corrected chi connectivity index (χ0v) is 15.2. The third-order valence-electron chi connectivity index (χ3n) is 7.44. The summed E-state index contributed by atoms with van der Waals surface area (Å²) in [5.41, 5.74) is 2.11. The van der Waals surface area contributed by atoms with Crippen LogP contribution >= 0.6 is 7.26 Å². The van der Waals surface area contributed by atoms with Gasteiger partial charge in [-0.1, -0.05) is 19.4 Å². The SMILES string of the molecule is C=C1CCC2(CCC[P+]2(C2CCCCC2)C2CCCCC2)O1. The predicted octanol–water partition coefficient (Wildman–Crippen LogP) is 6.48. The molecule has 4 fully saturated rings. The van der Waals surface area contributed by atoms with Crippen molar-refractivity contribution in [1.29, 1.82) is 0 Å². The monoisotopic (exact) mass is 321 g/mol. The minimum Gasteiger partial charge on any atom is -0.460 e. The highest BCUT2D eigenvalue weighted by atomic mass is 31.2. The molecule has 0 N–H and O–H groups in total. The van der Waals surface area contributed by atoms with Crippen molar-refractivity contribution < 1.29 is 4.74 Å². The van der Waals surface area contributed by atoms with E-state index in [0.717, 1.165) is 23.5 Å². The first-order valence-corrected chi connectivity index (χ1v) is 12.1. The number of allylic oxidation sites excluding steroid dienone is 1. The van der Waals surface area contributed by atoms with Crippen molar-refractivity contribution in [3.63, 3.8) is 0 Å². The Morgan fingerprint density at radius 3 is 1.91 bits per heavy atom. The number of rotatable bonds is 2. The van der Waals surface area contributed by atoms with Crippen LogP contribution in [0.5, 0.6) is 0 Å². The standard InChI is InChI=1S/C20H34OP/c1-17-13-15-20(21-17)14-8-16-22(20,18-9-4-2-5-10-18)19-11-6-3-7-12-19/h18-19H,1-16H2/q+1. The molecule has 1 atom stereocenters. The van der Waals surface area contributed by atoms with Gasteiger partial charge in [-0.3, -0.25) is 0 Å². The van der Waals surface area contributed by atoms with Gasteiger partial charge in [0.1, 0.15) is 0 Å². The van der Waals surface area contributed by atoms with Gasteiger partial charge < -0.3 is 4.74 Å². The van der Waals surface area contributed by atoms with Gasteiger partial charge in [-0.05, 0) is 57.8 Å². The fraction of sp³-hybridized carbons (Fsp3) is 0.900. The molecular weight excluding hydrogens is 287 g/mol. The summed E-state index contributed by atoms with van der Waals surface area (Å²) in [6.07, 6.45) is 21.9. The van der Waals surface area contributed by atoms with E-state index in [2.05, 4.69) is 6.58 Å². The van der Waals surface area contributed by atoms with Crippen LogP contribution in [0.25, 0.3) is 0 Å². The summed E-state index contributed by atoms with van der Waals surface area (Å²) in [5, 5.41) is 0.300. The van der Waals surface area contributed by atoms with E-state index in [-0.39, 0.29) is 0 Å². The third-order valence-corrected chi connectivity index (χ3v) is 14.2. The molecule has 2 heterocycles. The van der Waals surface area contributed by atoms with E-state index in [1.54, 1.807) is 6.16 Å². The summed E-state index contributed by atoms with van der Waals surface area (Å²) in [6, 6.07) is 0. The first-order valence-electron chi connectivity index (χ1n) is 10.0. The van der Waals surface area contributed by atoms with E-state index in [1.165, 1.54) is 83.5 Å². The van der Waals surface area contributed by atoms with Crippen LogP contribution in [0.2, 0.25) is 0 Å². The van der Waals surface area contributed by atoms with Gasteiger partial charge in [-0.25, -0.2) is 0 Å². The molecule has 2 saturated carbocycles. The van der Waals surface area contributed by atoms with Gasteiger partial charge in [0.2, 0.25) is 5.34 Å². The lowest BCUT2D eigenvalue weighted by Crippen LogP contribution is -2.41. The summed E-state index contributed by atoms with van der Waals surface area (Å²) >= 11 is 0. The van der Waals surface area contributed by atoms with Gasteiger partial charge in [0.05, 0.1) is 30.5 Å². The Bertz CT molecular complexity index is 401. The van der Waals surface area contributed by atoms with Crippen LogP contribution in [0.1, 0.15) is 89.9 Å². The van der Waals surface area contributed by atoms with Gasteiger partial charge in [0.15, 0.2) is 0 Å². The predicted molar refractivity (Wildman–Crippen MR) is 97.0 cm³/mol. The van der Waals surface area contributed by atoms with Crippen LogP contribution < -0.4 is 0 Å². The highest BCUT2D eigenvalue weighted by Crippen LogP contribution is 2.85. The van der Waals surface area contributed by atoms with Crippen molar-refractivity contribution in [2.24, 2.45) is 0 Å². The molecule has 2 saturated heterocycles. The Hall–Kier alpha value is -0.0300. The fourth-order valence-corrected chi connectivity index (χ4v) is 14.3. The Morgan fingerprint density at radius 2 is 1.41 bits per heavy atom. The maximum absolute atomic E-state index is 6.69. The molecule has 2 aliphatic heterocycles. The molecule has 22 heavy (non-hydrogen) atoms. The molecule has 4 rings (SSSR count). The minimum absolute atomic E-state index is 0.300. The van der Waals surface area contributed by atoms with Gasteiger partial charge in [0, 0.05) is 19.3 Å². The van der Waals surface area contributed by atoms with Crippen LogP contribution in [0, 0.1) is 0 Å². The first kappa shape index (κ1) is 15.5. The second-order valence-corrected chi connectivity index (χ2v) is 13.0. The second-order valence-electron chi connectivity index (χ2n) is 8.43. The molecule has 0 bridgehead atoms. The average molecular weight is 321 g/mol. The van der Waals surface area contributed by atoms with Gasteiger partial charge >= 0.3 is 0 Å². The molecule has 4 aliphatic rings. The molecule has 2 aliphatic carbocycles. The van der Waals surface area contributed by atoms with Crippen LogP contribution in [0.3, 0.4) is 0 Å². The minimum atomic E-state index is -0.997.